The van der Waals surface area contributed by atoms with Gasteiger partial charge in [0.2, 0.25) is 10.0 Å². The Morgan fingerprint density at radius 2 is 2.00 bits per heavy atom. The van der Waals surface area contributed by atoms with Crippen molar-refractivity contribution in [3.63, 3.8) is 0 Å². The van der Waals surface area contributed by atoms with Crippen molar-refractivity contribution in [3.8, 4) is 0 Å². The largest absolute Gasteiger partial charge is 0.326 e. The Balaban J connectivity index is 2.33. The summed E-state index contributed by atoms with van der Waals surface area (Å²) in [6, 6.07) is 5.33. The van der Waals surface area contributed by atoms with E-state index in [2.05, 4.69) is 4.98 Å². The van der Waals surface area contributed by atoms with Gasteiger partial charge in [0.1, 0.15) is 0 Å². The summed E-state index contributed by atoms with van der Waals surface area (Å²) in [7, 11) is -3.50. The van der Waals surface area contributed by atoms with Gasteiger partial charge in [-0.25, -0.2) is 8.42 Å². The fourth-order valence-electron chi connectivity index (χ4n) is 2.08. The molecule has 0 saturated carbocycles. The van der Waals surface area contributed by atoms with Gasteiger partial charge in [-0.05, 0) is 30.7 Å². The normalized spacial score (nSPS) is 12.0. The molecule has 2 aromatic heterocycles. The van der Waals surface area contributed by atoms with Crippen molar-refractivity contribution < 1.29 is 8.42 Å². The highest BCUT2D eigenvalue weighted by Crippen LogP contribution is 2.28. The predicted molar refractivity (Wildman–Crippen MR) is 84.5 cm³/mol. The minimum absolute atomic E-state index is 0.342. The minimum Gasteiger partial charge on any atom is -0.326 e. The second-order valence-electron chi connectivity index (χ2n) is 4.62. The molecule has 0 unspecified atom stereocenters. The first-order valence-corrected chi connectivity index (χ1v) is 8.93. The third-order valence-corrected chi connectivity index (χ3v) is 6.45. The van der Waals surface area contributed by atoms with Gasteiger partial charge in [0.25, 0.3) is 0 Å². The van der Waals surface area contributed by atoms with Gasteiger partial charge in [-0.3, -0.25) is 4.98 Å². The van der Waals surface area contributed by atoms with Crippen LogP contribution in [-0.2, 0) is 23.1 Å². The molecule has 114 valence electrons. The Morgan fingerprint density at radius 1 is 1.33 bits per heavy atom. The van der Waals surface area contributed by atoms with E-state index in [0.717, 1.165) is 15.3 Å². The highest BCUT2D eigenvalue weighted by Gasteiger charge is 2.26. The topological polar surface area (TPSA) is 76.3 Å². The quantitative estimate of drug-likeness (QED) is 0.882. The lowest BCUT2D eigenvalue weighted by atomic mass is 10.3. The number of thiophene rings is 1. The Hall–Kier alpha value is -1.28. The fourth-order valence-corrected chi connectivity index (χ4v) is 5.00. The summed E-state index contributed by atoms with van der Waals surface area (Å²) in [6.45, 7) is 4.77. The van der Waals surface area contributed by atoms with Crippen LogP contribution in [0.3, 0.4) is 0 Å². The Bertz CT molecular complexity index is 696. The molecule has 2 rings (SSSR count). The van der Waals surface area contributed by atoms with Crippen molar-refractivity contribution in [3.05, 3.63) is 45.9 Å². The Kier molecular flexibility index (Phi) is 5.10. The summed E-state index contributed by atoms with van der Waals surface area (Å²) < 4.78 is 27.1. The first kappa shape index (κ1) is 16.1. The van der Waals surface area contributed by atoms with Crippen LogP contribution in [0, 0.1) is 6.92 Å². The smallest absolute Gasteiger partial charge is 0.244 e. The van der Waals surface area contributed by atoms with E-state index in [-0.39, 0.29) is 0 Å². The molecule has 0 amide bonds. The van der Waals surface area contributed by atoms with Crippen LogP contribution in [-0.4, -0.2) is 24.3 Å². The maximum Gasteiger partial charge on any atom is 0.244 e. The zero-order valence-electron chi connectivity index (χ0n) is 12.1. The average molecular weight is 325 g/mol. The summed E-state index contributed by atoms with van der Waals surface area (Å²) in [5.74, 6) is 0. The van der Waals surface area contributed by atoms with Gasteiger partial charge in [-0.15, -0.1) is 11.3 Å². The molecule has 0 spiro atoms. The van der Waals surface area contributed by atoms with E-state index in [1.165, 1.54) is 15.6 Å². The summed E-state index contributed by atoms with van der Waals surface area (Å²) in [4.78, 5) is 5.97. The molecule has 2 N–H and O–H groups in total. The van der Waals surface area contributed by atoms with Gasteiger partial charge in [0, 0.05) is 41.8 Å². The van der Waals surface area contributed by atoms with E-state index in [1.54, 1.807) is 18.5 Å². The van der Waals surface area contributed by atoms with Crippen LogP contribution in [0.15, 0.2) is 35.5 Å². The van der Waals surface area contributed by atoms with Crippen molar-refractivity contribution in [2.45, 2.75) is 31.8 Å². The first-order valence-electron chi connectivity index (χ1n) is 6.67. The van der Waals surface area contributed by atoms with Crippen LogP contribution >= 0.6 is 11.3 Å². The maximum absolute atomic E-state index is 12.8. The van der Waals surface area contributed by atoms with Gasteiger partial charge in [-0.1, -0.05) is 6.92 Å². The van der Waals surface area contributed by atoms with Gasteiger partial charge in [0.05, 0.1) is 4.90 Å². The van der Waals surface area contributed by atoms with Crippen LogP contribution in [0.25, 0.3) is 0 Å². The number of sulfonamides is 1. The van der Waals surface area contributed by atoms with Crippen molar-refractivity contribution >= 4 is 21.4 Å². The second-order valence-corrected chi connectivity index (χ2v) is 7.87. The molecule has 0 aromatic carbocycles. The fraction of sp³-hybridized carbons (Fsp3) is 0.357. The molecule has 2 heterocycles. The number of hydrogen-bond donors (Lipinski definition) is 1. The minimum atomic E-state index is -3.50. The number of pyridine rings is 1. The monoisotopic (exact) mass is 325 g/mol. The molecule has 7 heteroatoms. The summed E-state index contributed by atoms with van der Waals surface area (Å²) >= 11 is 1.43. The molecule has 21 heavy (non-hydrogen) atoms. The highest BCUT2D eigenvalue weighted by atomic mass is 32.2. The Morgan fingerprint density at radius 3 is 2.52 bits per heavy atom. The molecule has 0 atom stereocenters. The lowest BCUT2D eigenvalue weighted by Gasteiger charge is -2.20. The molecular weight excluding hydrogens is 306 g/mol. The lowest BCUT2D eigenvalue weighted by Crippen LogP contribution is -2.30. The third kappa shape index (κ3) is 3.49. The van der Waals surface area contributed by atoms with Crippen molar-refractivity contribution in [1.29, 1.82) is 0 Å². The van der Waals surface area contributed by atoms with Gasteiger partial charge < -0.3 is 5.73 Å². The van der Waals surface area contributed by atoms with Gasteiger partial charge in [0.15, 0.2) is 0 Å². The lowest BCUT2D eigenvalue weighted by molar-refractivity contribution is 0.423. The van der Waals surface area contributed by atoms with E-state index in [4.69, 9.17) is 5.73 Å². The van der Waals surface area contributed by atoms with E-state index in [0.29, 0.717) is 24.5 Å². The van der Waals surface area contributed by atoms with E-state index >= 15 is 0 Å². The molecular formula is C14H19N3O2S2. The van der Waals surface area contributed by atoms with E-state index in [1.807, 2.05) is 26.0 Å². The molecule has 0 aliphatic carbocycles. The standard InChI is InChI=1S/C14H19N3O2S2/c1-3-17(10-12-4-6-16-7-5-12)21(18,19)14-8-13(9-15)20-11(14)2/h4-8H,3,9-10,15H2,1-2H3. The second kappa shape index (κ2) is 6.65. The molecule has 0 saturated heterocycles. The van der Waals surface area contributed by atoms with Crippen molar-refractivity contribution in [2.24, 2.45) is 5.73 Å². The number of hydrogen-bond acceptors (Lipinski definition) is 5. The molecule has 0 aliphatic heterocycles. The number of nitrogens with zero attached hydrogens (tertiary/aromatic N) is 2. The van der Waals surface area contributed by atoms with Crippen LogP contribution in [0.5, 0.6) is 0 Å². The van der Waals surface area contributed by atoms with Crippen molar-refractivity contribution in [2.75, 3.05) is 6.54 Å². The van der Waals surface area contributed by atoms with Crippen LogP contribution < -0.4 is 5.73 Å². The maximum atomic E-state index is 12.8. The van der Waals surface area contributed by atoms with Crippen LogP contribution in [0.1, 0.15) is 22.2 Å². The summed E-state index contributed by atoms with van der Waals surface area (Å²) in [5, 5.41) is 0. The van der Waals surface area contributed by atoms with Crippen LogP contribution in [0.2, 0.25) is 0 Å². The molecule has 0 aliphatic rings. The number of aromatic nitrogens is 1. The van der Waals surface area contributed by atoms with Crippen molar-refractivity contribution in [1.82, 2.24) is 9.29 Å². The van der Waals surface area contributed by atoms with Gasteiger partial charge in [-0.2, -0.15) is 4.31 Å². The first-order chi connectivity index (χ1) is 9.98. The number of aryl methyl sites for hydroxylation is 1. The predicted octanol–water partition coefficient (Wildman–Crippen LogP) is 2.12. The average Bonchev–Trinajstić information content (AvgIpc) is 2.87. The SMILES string of the molecule is CCN(Cc1ccncc1)S(=O)(=O)c1cc(CN)sc1C. The molecule has 5 nitrogen and oxygen atoms in total. The number of rotatable bonds is 6. The molecule has 0 bridgehead atoms. The van der Waals surface area contributed by atoms with Gasteiger partial charge >= 0.3 is 0 Å². The van der Waals surface area contributed by atoms with Crippen LogP contribution in [0.4, 0.5) is 0 Å². The Labute approximate surface area is 129 Å². The molecule has 0 fully saturated rings. The summed E-state index contributed by atoms with van der Waals surface area (Å²) in [6.07, 6.45) is 3.33. The van der Waals surface area contributed by atoms with E-state index in [9.17, 15) is 8.42 Å². The highest BCUT2D eigenvalue weighted by molar-refractivity contribution is 7.89. The van der Waals surface area contributed by atoms with E-state index < -0.39 is 10.0 Å². The zero-order chi connectivity index (χ0) is 15.5. The molecule has 0 radical (unpaired) electrons. The third-order valence-electron chi connectivity index (χ3n) is 3.20. The number of nitrogens with two attached hydrogens (primary N) is 1. The zero-order valence-corrected chi connectivity index (χ0v) is 13.7. The summed E-state index contributed by atoms with van der Waals surface area (Å²) in [5.41, 5.74) is 6.52. The molecule has 2 aromatic rings.